The lowest BCUT2D eigenvalue weighted by Gasteiger charge is -2.13. The van der Waals surface area contributed by atoms with Gasteiger partial charge >= 0.3 is 0 Å². The van der Waals surface area contributed by atoms with E-state index >= 15 is 0 Å². The first-order valence-corrected chi connectivity index (χ1v) is 8.88. The fourth-order valence-electron chi connectivity index (χ4n) is 2.28. The number of rotatable bonds is 5. The van der Waals surface area contributed by atoms with Crippen molar-refractivity contribution in [3.8, 4) is 5.75 Å². The second-order valence-electron chi connectivity index (χ2n) is 6.38. The zero-order chi connectivity index (χ0) is 20.0. The molecule has 0 bridgehead atoms. The van der Waals surface area contributed by atoms with Gasteiger partial charge in [0, 0.05) is 30.9 Å². The summed E-state index contributed by atoms with van der Waals surface area (Å²) in [4.78, 5) is 25.8. The summed E-state index contributed by atoms with van der Waals surface area (Å²) in [5.41, 5.74) is 1.61. The molecule has 0 saturated carbocycles. The summed E-state index contributed by atoms with van der Waals surface area (Å²) in [6.07, 6.45) is 0.0663. The fraction of sp³-hybridized carbons (Fsp3) is 0.250. The number of nitrogens with zero attached hydrogens (tertiary/aromatic N) is 1. The molecule has 2 rings (SSSR count). The number of hydrogen-bond donors (Lipinski definition) is 2. The molecule has 2 aromatic carbocycles. The highest BCUT2D eigenvalue weighted by atomic mass is 32.1. The lowest BCUT2D eigenvalue weighted by Crippen LogP contribution is -2.34. The van der Waals surface area contributed by atoms with Crippen LogP contribution < -0.4 is 15.4 Å². The Morgan fingerprint density at radius 3 is 2.30 bits per heavy atom. The number of carbonyl (C=O) groups excluding carboxylic acids is 2. The maximum atomic E-state index is 12.3. The third kappa shape index (κ3) is 6.07. The number of ether oxygens (including phenoxy) is 1. The molecule has 0 aliphatic rings. The summed E-state index contributed by atoms with van der Waals surface area (Å²) >= 11 is 5.19. The molecular weight excluding hydrogens is 362 g/mol. The highest BCUT2D eigenvalue weighted by molar-refractivity contribution is 7.80. The van der Waals surface area contributed by atoms with Crippen molar-refractivity contribution in [3.05, 3.63) is 59.7 Å². The van der Waals surface area contributed by atoms with Crippen LogP contribution in [0.4, 0.5) is 5.69 Å². The van der Waals surface area contributed by atoms with Crippen LogP contribution in [-0.2, 0) is 0 Å². The molecule has 0 radical (unpaired) electrons. The molecule has 0 fully saturated rings. The van der Waals surface area contributed by atoms with Crippen molar-refractivity contribution in [1.29, 1.82) is 0 Å². The van der Waals surface area contributed by atoms with Gasteiger partial charge in [-0.05, 0) is 68.5 Å². The lowest BCUT2D eigenvalue weighted by molar-refractivity contribution is 0.0827. The number of hydrogen-bond acceptors (Lipinski definition) is 4. The minimum atomic E-state index is -0.330. The normalized spacial score (nSPS) is 10.3. The van der Waals surface area contributed by atoms with Crippen molar-refractivity contribution in [3.63, 3.8) is 0 Å². The first-order valence-electron chi connectivity index (χ1n) is 8.47. The van der Waals surface area contributed by atoms with Crippen molar-refractivity contribution >= 4 is 34.8 Å². The molecule has 0 saturated heterocycles. The molecule has 0 aliphatic carbocycles. The molecule has 6 nitrogen and oxygen atoms in total. The molecule has 0 spiro atoms. The van der Waals surface area contributed by atoms with Crippen LogP contribution in [-0.4, -0.2) is 42.0 Å². The Balaban J connectivity index is 1.98. The number of thiocarbonyl (C=S) groups is 1. The average Bonchev–Trinajstić information content (AvgIpc) is 2.61. The minimum absolute atomic E-state index is 0.0663. The summed E-state index contributed by atoms with van der Waals surface area (Å²) in [5.74, 6) is 0.256. The van der Waals surface area contributed by atoms with E-state index in [2.05, 4.69) is 10.6 Å². The number of nitrogens with one attached hydrogen (secondary N) is 2. The SMILES string of the molecule is CC(C)Oc1ccc(C(=O)NC(=S)Nc2cccc(C(=O)N(C)C)c2)cc1. The smallest absolute Gasteiger partial charge is 0.257 e. The zero-order valence-corrected chi connectivity index (χ0v) is 16.6. The van der Waals surface area contributed by atoms with E-state index in [9.17, 15) is 9.59 Å². The molecule has 2 aromatic rings. The van der Waals surface area contributed by atoms with Gasteiger partial charge in [0.05, 0.1) is 6.10 Å². The van der Waals surface area contributed by atoms with Crippen molar-refractivity contribution in [1.82, 2.24) is 10.2 Å². The first kappa shape index (κ1) is 20.4. The molecule has 0 unspecified atom stereocenters. The second kappa shape index (κ2) is 9.14. The summed E-state index contributed by atoms with van der Waals surface area (Å²) < 4.78 is 5.56. The van der Waals surface area contributed by atoms with Gasteiger partial charge in [-0.25, -0.2) is 0 Å². The molecule has 0 aromatic heterocycles. The Bertz CT molecular complexity index is 833. The quantitative estimate of drug-likeness (QED) is 0.773. The number of carbonyl (C=O) groups is 2. The standard InChI is InChI=1S/C20H23N3O3S/c1-13(2)26-17-10-8-14(9-11-17)18(24)22-20(27)21-16-7-5-6-15(12-16)19(25)23(3)4/h5-13H,1-4H3,(H2,21,22,24,27). The van der Waals surface area contributed by atoms with Crippen molar-refractivity contribution < 1.29 is 14.3 Å². The molecule has 142 valence electrons. The van der Waals surface area contributed by atoms with Crippen LogP contribution in [0.15, 0.2) is 48.5 Å². The maximum Gasteiger partial charge on any atom is 0.257 e. The largest absolute Gasteiger partial charge is 0.491 e. The molecular formula is C20H23N3O3S. The van der Waals surface area contributed by atoms with Crippen LogP contribution in [0.25, 0.3) is 0 Å². The van der Waals surface area contributed by atoms with Crippen LogP contribution in [0.1, 0.15) is 34.6 Å². The summed E-state index contributed by atoms with van der Waals surface area (Å²) in [6, 6.07) is 13.7. The van der Waals surface area contributed by atoms with Gasteiger partial charge in [0.1, 0.15) is 5.75 Å². The number of benzene rings is 2. The van der Waals surface area contributed by atoms with Gasteiger partial charge in [0.2, 0.25) is 0 Å². The Kier molecular flexibility index (Phi) is 6.90. The van der Waals surface area contributed by atoms with Gasteiger partial charge in [0.15, 0.2) is 5.11 Å². The van der Waals surface area contributed by atoms with Gasteiger partial charge in [-0.2, -0.15) is 0 Å². The minimum Gasteiger partial charge on any atom is -0.491 e. The zero-order valence-electron chi connectivity index (χ0n) is 15.8. The highest BCUT2D eigenvalue weighted by Crippen LogP contribution is 2.14. The van der Waals surface area contributed by atoms with E-state index in [-0.39, 0.29) is 23.0 Å². The van der Waals surface area contributed by atoms with Crippen LogP contribution in [0.2, 0.25) is 0 Å². The van der Waals surface area contributed by atoms with Crippen molar-refractivity contribution in [2.75, 3.05) is 19.4 Å². The molecule has 7 heteroatoms. The molecule has 27 heavy (non-hydrogen) atoms. The third-order valence-electron chi connectivity index (χ3n) is 3.49. The van der Waals surface area contributed by atoms with E-state index in [0.717, 1.165) is 0 Å². The van der Waals surface area contributed by atoms with E-state index in [0.29, 0.717) is 22.6 Å². The van der Waals surface area contributed by atoms with Gasteiger partial charge in [-0.1, -0.05) is 6.07 Å². The number of anilines is 1. The van der Waals surface area contributed by atoms with Crippen LogP contribution in [0.5, 0.6) is 5.75 Å². The predicted octanol–water partition coefficient (Wildman–Crippen LogP) is 3.30. The molecule has 0 atom stereocenters. The summed E-state index contributed by atoms with van der Waals surface area (Å²) in [5, 5.41) is 5.69. The first-order chi connectivity index (χ1) is 12.8. The Morgan fingerprint density at radius 2 is 1.70 bits per heavy atom. The molecule has 0 heterocycles. The van der Waals surface area contributed by atoms with Crippen molar-refractivity contribution in [2.45, 2.75) is 20.0 Å². The fourth-order valence-corrected chi connectivity index (χ4v) is 2.49. The van der Waals surface area contributed by atoms with Gasteiger partial charge in [0.25, 0.3) is 11.8 Å². The van der Waals surface area contributed by atoms with Crippen LogP contribution >= 0.6 is 12.2 Å². The molecule has 2 N–H and O–H groups in total. The predicted molar refractivity (Wildman–Crippen MR) is 110 cm³/mol. The van der Waals surface area contributed by atoms with Gasteiger partial charge in [-0.15, -0.1) is 0 Å². The van der Waals surface area contributed by atoms with E-state index in [1.807, 2.05) is 13.8 Å². The second-order valence-corrected chi connectivity index (χ2v) is 6.79. The number of amides is 2. The average molecular weight is 385 g/mol. The Hall–Kier alpha value is -2.93. The van der Waals surface area contributed by atoms with Crippen molar-refractivity contribution in [2.24, 2.45) is 0 Å². The lowest BCUT2D eigenvalue weighted by atomic mass is 10.2. The van der Waals surface area contributed by atoms with Crippen LogP contribution in [0.3, 0.4) is 0 Å². The summed E-state index contributed by atoms with van der Waals surface area (Å²) in [6.45, 7) is 3.87. The monoisotopic (exact) mass is 385 g/mol. The molecule has 2 amide bonds. The van der Waals surface area contributed by atoms with E-state index in [4.69, 9.17) is 17.0 Å². The Labute approximate surface area is 164 Å². The third-order valence-corrected chi connectivity index (χ3v) is 3.69. The van der Waals surface area contributed by atoms with E-state index in [1.54, 1.807) is 62.6 Å². The maximum absolute atomic E-state index is 12.3. The van der Waals surface area contributed by atoms with Gasteiger partial charge < -0.3 is 15.0 Å². The topological polar surface area (TPSA) is 70.7 Å². The van der Waals surface area contributed by atoms with Gasteiger partial charge in [-0.3, -0.25) is 14.9 Å². The Morgan fingerprint density at radius 1 is 1.04 bits per heavy atom. The summed E-state index contributed by atoms with van der Waals surface area (Å²) in [7, 11) is 3.37. The van der Waals surface area contributed by atoms with E-state index < -0.39 is 0 Å². The van der Waals surface area contributed by atoms with E-state index in [1.165, 1.54) is 4.90 Å². The van der Waals surface area contributed by atoms with Crippen LogP contribution in [0, 0.1) is 0 Å². The molecule has 0 aliphatic heterocycles. The highest BCUT2D eigenvalue weighted by Gasteiger charge is 2.11.